The third-order valence-electron chi connectivity index (χ3n) is 2.29. The van der Waals surface area contributed by atoms with Crippen LogP contribution in [0.15, 0.2) is 39.1 Å². The number of anilines is 1. The molecule has 2 aromatic rings. The molecule has 0 aliphatic carbocycles. The first-order chi connectivity index (χ1) is 8.95. The highest BCUT2D eigenvalue weighted by Gasteiger charge is 2.12. The van der Waals surface area contributed by atoms with Crippen molar-refractivity contribution >= 4 is 23.4 Å². The number of rotatable bonds is 3. The Balaban J connectivity index is 2.45. The Labute approximate surface area is 112 Å². The number of hydrogen-bond acceptors (Lipinski definition) is 5. The zero-order chi connectivity index (χ0) is 14.0. The monoisotopic (exact) mass is 277 g/mol. The van der Waals surface area contributed by atoms with Gasteiger partial charge in [0.1, 0.15) is 0 Å². The highest BCUT2D eigenvalue weighted by atomic mass is 32.2. The van der Waals surface area contributed by atoms with Crippen LogP contribution in [0.4, 0.5) is 5.69 Å². The third-order valence-corrected chi connectivity index (χ3v) is 3.24. The summed E-state index contributed by atoms with van der Waals surface area (Å²) < 4.78 is 0. The molecule has 7 heteroatoms. The molecule has 19 heavy (non-hydrogen) atoms. The number of aromatic carboxylic acids is 1. The average molecular weight is 277 g/mol. The molecule has 6 nitrogen and oxygen atoms in total. The number of hydrogen-bond donors (Lipinski definition) is 3. The Kier molecular flexibility index (Phi) is 3.57. The summed E-state index contributed by atoms with van der Waals surface area (Å²) in [6.07, 6.45) is 0. The lowest BCUT2D eigenvalue weighted by Crippen LogP contribution is -2.08. The maximum atomic E-state index is 11.3. The minimum Gasteiger partial charge on any atom is -0.478 e. The maximum absolute atomic E-state index is 11.3. The molecular weight excluding hydrogens is 266 g/mol. The summed E-state index contributed by atoms with van der Waals surface area (Å²) in [5.74, 6) is -1.06. The van der Waals surface area contributed by atoms with Crippen LogP contribution < -0.4 is 11.3 Å². The Morgan fingerprint density at radius 3 is 2.79 bits per heavy atom. The highest BCUT2D eigenvalue weighted by Crippen LogP contribution is 2.29. The van der Waals surface area contributed by atoms with E-state index in [0.717, 1.165) is 11.8 Å². The lowest BCUT2D eigenvalue weighted by Gasteiger charge is -2.06. The summed E-state index contributed by atoms with van der Waals surface area (Å²) in [7, 11) is 0. The number of nitrogens with two attached hydrogens (primary N) is 1. The SMILES string of the molecule is Cc1cc(=O)[nH]c(Sc2cc(N)ccc2C(=O)O)n1. The van der Waals surface area contributed by atoms with Crippen LogP contribution in [0, 0.1) is 6.92 Å². The molecule has 0 fully saturated rings. The number of nitrogen functional groups attached to an aromatic ring is 1. The van der Waals surface area contributed by atoms with Crippen LogP contribution >= 0.6 is 11.8 Å². The van der Waals surface area contributed by atoms with Gasteiger partial charge >= 0.3 is 5.97 Å². The van der Waals surface area contributed by atoms with Gasteiger partial charge in [-0.15, -0.1) is 0 Å². The molecule has 0 saturated carbocycles. The van der Waals surface area contributed by atoms with Crippen LogP contribution in [0.5, 0.6) is 0 Å². The summed E-state index contributed by atoms with van der Waals surface area (Å²) >= 11 is 1.06. The number of aromatic amines is 1. The van der Waals surface area contributed by atoms with E-state index in [9.17, 15) is 9.59 Å². The second kappa shape index (κ2) is 5.15. The molecule has 4 N–H and O–H groups in total. The number of benzene rings is 1. The van der Waals surface area contributed by atoms with Gasteiger partial charge < -0.3 is 15.8 Å². The van der Waals surface area contributed by atoms with Gasteiger partial charge in [-0.25, -0.2) is 9.78 Å². The van der Waals surface area contributed by atoms with Crippen LogP contribution in [0.25, 0.3) is 0 Å². The van der Waals surface area contributed by atoms with Crippen molar-refractivity contribution in [3.05, 3.63) is 45.9 Å². The molecule has 0 unspecified atom stereocenters. The predicted octanol–water partition coefficient (Wildman–Crippen LogP) is 1.51. The van der Waals surface area contributed by atoms with Crippen LogP contribution in [0.1, 0.15) is 16.1 Å². The molecule has 1 heterocycles. The van der Waals surface area contributed by atoms with Gasteiger partial charge in [0.15, 0.2) is 5.16 Å². The Hall–Kier alpha value is -2.28. The number of carbonyl (C=O) groups is 1. The molecule has 0 aliphatic heterocycles. The van der Waals surface area contributed by atoms with Crippen LogP contribution in [-0.4, -0.2) is 21.0 Å². The van der Waals surface area contributed by atoms with Gasteiger partial charge in [-0.3, -0.25) is 4.79 Å². The highest BCUT2D eigenvalue weighted by molar-refractivity contribution is 7.99. The van der Waals surface area contributed by atoms with Gasteiger partial charge in [-0.2, -0.15) is 0 Å². The van der Waals surface area contributed by atoms with E-state index in [1.807, 2.05) is 0 Å². The summed E-state index contributed by atoms with van der Waals surface area (Å²) in [5.41, 5.74) is 6.48. The largest absolute Gasteiger partial charge is 0.478 e. The fourth-order valence-electron chi connectivity index (χ4n) is 1.50. The lowest BCUT2D eigenvalue weighted by molar-refractivity contribution is 0.0693. The van der Waals surface area contributed by atoms with Crippen molar-refractivity contribution in [1.29, 1.82) is 0 Å². The first-order valence-corrected chi connectivity index (χ1v) is 6.16. The standard InChI is InChI=1S/C12H11N3O3S/c1-6-4-10(16)15-12(14-6)19-9-5-7(13)2-3-8(9)11(17)18/h2-5H,13H2,1H3,(H,17,18)(H,14,15,16). The van der Waals surface area contributed by atoms with Gasteiger partial charge in [0.05, 0.1) is 5.56 Å². The molecule has 98 valence electrons. The van der Waals surface area contributed by atoms with E-state index >= 15 is 0 Å². The van der Waals surface area contributed by atoms with E-state index in [0.29, 0.717) is 21.4 Å². The van der Waals surface area contributed by atoms with Crippen molar-refractivity contribution in [2.24, 2.45) is 0 Å². The van der Waals surface area contributed by atoms with Gasteiger partial charge in [0, 0.05) is 22.3 Å². The Bertz CT molecular complexity index is 697. The van der Waals surface area contributed by atoms with E-state index in [2.05, 4.69) is 9.97 Å². The maximum Gasteiger partial charge on any atom is 0.336 e. The summed E-state index contributed by atoms with van der Waals surface area (Å²) in [6.45, 7) is 1.69. The molecule has 0 amide bonds. The fourth-order valence-corrected chi connectivity index (χ4v) is 2.51. The normalized spacial score (nSPS) is 10.4. The minimum absolute atomic E-state index is 0.114. The van der Waals surface area contributed by atoms with Crippen molar-refractivity contribution in [3.63, 3.8) is 0 Å². The molecule has 0 saturated heterocycles. The van der Waals surface area contributed by atoms with Gasteiger partial charge in [0.2, 0.25) is 0 Å². The second-order valence-electron chi connectivity index (χ2n) is 3.85. The third kappa shape index (κ3) is 3.14. The first kappa shape index (κ1) is 13.2. The van der Waals surface area contributed by atoms with Crippen molar-refractivity contribution in [1.82, 2.24) is 9.97 Å². The number of H-pyrrole nitrogens is 1. The number of nitrogens with one attached hydrogen (secondary N) is 1. The van der Waals surface area contributed by atoms with Crippen LogP contribution in [0.2, 0.25) is 0 Å². The summed E-state index contributed by atoms with van der Waals surface area (Å²) in [4.78, 5) is 29.6. The van der Waals surface area contributed by atoms with E-state index in [1.165, 1.54) is 24.3 Å². The molecular formula is C12H11N3O3S. The van der Waals surface area contributed by atoms with Crippen LogP contribution in [-0.2, 0) is 0 Å². The average Bonchev–Trinajstić information content (AvgIpc) is 2.26. The number of aromatic nitrogens is 2. The zero-order valence-corrected chi connectivity index (χ0v) is 10.8. The van der Waals surface area contributed by atoms with Crippen molar-refractivity contribution < 1.29 is 9.90 Å². The van der Waals surface area contributed by atoms with Crippen molar-refractivity contribution in [2.75, 3.05) is 5.73 Å². The second-order valence-corrected chi connectivity index (χ2v) is 4.89. The zero-order valence-electron chi connectivity index (χ0n) is 10.0. The number of aryl methyl sites for hydroxylation is 1. The number of carboxylic acid groups (broad SMARTS) is 1. The van der Waals surface area contributed by atoms with Crippen molar-refractivity contribution in [3.8, 4) is 0 Å². The summed E-state index contributed by atoms with van der Waals surface area (Å²) in [5, 5.41) is 9.43. The predicted molar refractivity (Wildman–Crippen MR) is 71.5 cm³/mol. The first-order valence-electron chi connectivity index (χ1n) is 5.34. The van der Waals surface area contributed by atoms with E-state index < -0.39 is 5.97 Å². The Morgan fingerprint density at radius 1 is 1.42 bits per heavy atom. The molecule has 0 spiro atoms. The topological polar surface area (TPSA) is 109 Å². The molecule has 0 bridgehead atoms. The molecule has 1 aromatic heterocycles. The lowest BCUT2D eigenvalue weighted by atomic mass is 10.2. The van der Waals surface area contributed by atoms with Crippen LogP contribution in [0.3, 0.4) is 0 Å². The summed E-state index contributed by atoms with van der Waals surface area (Å²) in [6, 6.07) is 5.84. The van der Waals surface area contributed by atoms with E-state index in [4.69, 9.17) is 10.8 Å². The van der Waals surface area contributed by atoms with Gasteiger partial charge in [-0.1, -0.05) is 11.8 Å². The van der Waals surface area contributed by atoms with E-state index in [1.54, 1.807) is 6.92 Å². The molecule has 0 atom stereocenters. The number of nitrogens with zero attached hydrogens (tertiary/aromatic N) is 1. The molecule has 2 rings (SSSR count). The smallest absolute Gasteiger partial charge is 0.336 e. The number of carboxylic acids is 1. The minimum atomic E-state index is -1.06. The molecule has 0 aliphatic rings. The van der Waals surface area contributed by atoms with Gasteiger partial charge in [-0.05, 0) is 25.1 Å². The van der Waals surface area contributed by atoms with Gasteiger partial charge in [0.25, 0.3) is 5.56 Å². The van der Waals surface area contributed by atoms with Crippen molar-refractivity contribution in [2.45, 2.75) is 17.0 Å². The molecule has 1 aromatic carbocycles. The molecule has 0 radical (unpaired) electrons. The Morgan fingerprint density at radius 2 is 2.16 bits per heavy atom. The quantitative estimate of drug-likeness (QED) is 0.579. The van der Waals surface area contributed by atoms with E-state index in [-0.39, 0.29) is 11.1 Å². The fraction of sp³-hybridized carbons (Fsp3) is 0.0833.